The second-order valence-electron chi connectivity index (χ2n) is 18.9. The van der Waals surface area contributed by atoms with Gasteiger partial charge < -0.3 is 0 Å². The fraction of sp³-hybridized carbons (Fsp3) is 0.727. The molecule has 52 heavy (non-hydrogen) atoms. The van der Waals surface area contributed by atoms with E-state index >= 15 is 0 Å². The third-order valence-electron chi connectivity index (χ3n) is 16.5. The third kappa shape index (κ3) is 5.68. The van der Waals surface area contributed by atoms with Crippen LogP contribution in [-0.4, -0.2) is 49.3 Å². The molecular weight excluding hydrogens is 641 g/mol. The summed E-state index contributed by atoms with van der Waals surface area (Å²) in [6.45, 7) is 4.92. The monoisotopic (exact) mass is 705 g/mol. The average Bonchev–Trinajstić information content (AvgIpc) is 3.93. The van der Waals surface area contributed by atoms with Crippen LogP contribution < -0.4 is 42.5 Å². The molecular formula is C44H64N8. The highest BCUT2D eigenvalue weighted by Crippen LogP contribution is 2.49. The predicted molar refractivity (Wildman–Crippen MR) is 209 cm³/mol. The second-order valence-corrected chi connectivity index (χ2v) is 18.9. The molecule has 8 heteroatoms. The van der Waals surface area contributed by atoms with Gasteiger partial charge in [0.1, 0.15) is 0 Å². The van der Waals surface area contributed by atoms with Crippen molar-refractivity contribution in [3.8, 4) is 0 Å². The summed E-state index contributed by atoms with van der Waals surface area (Å²) in [6.07, 6.45) is 22.7. The summed E-state index contributed by atoms with van der Waals surface area (Å²) in [4.78, 5) is 0. The van der Waals surface area contributed by atoms with E-state index in [4.69, 9.17) is 6.58 Å². The Bertz CT molecular complexity index is 1630. The van der Waals surface area contributed by atoms with Gasteiger partial charge >= 0.3 is 0 Å². The van der Waals surface area contributed by atoms with E-state index in [1.807, 2.05) is 0 Å². The van der Waals surface area contributed by atoms with Crippen LogP contribution in [0.15, 0.2) is 49.0 Å². The summed E-state index contributed by atoms with van der Waals surface area (Å²) in [7, 11) is 0. The van der Waals surface area contributed by atoms with E-state index < -0.39 is 0 Å². The molecule has 0 spiro atoms. The molecule has 8 nitrogen and oxygen atoms in total. The first-order valence-corrected chi connectivity index (χ1v) is 21.9. The molecule has 0 aromatic heterocycles. The van der Waals surface area contributed by atoms with Crippen LogP contribution in [-0.2, 0) is 0 Å². The zero-order valence-corrected chi connectivity index (χ0v) is 31.2. The van der Waals surface area contributed by atoms with Crippen molar-refractivity contribution in [2.24, 2.45) is 53.3 Å². The average molecular weight is 705 g/mol. The van der Waals surface area contributed by atoms with Gasteiger partial charge in [0, 0.05) is 0 Å². The number of fused-ring (bicyclic) bond motifs is 21. The zero-order valence-electron chi connectivity index (χ0n) is 31.2. The fourth-order valence-corrected chi connectivity index (χ4v) is 14.1. The molecule has 5 aliphatic heterocycles. The van der Waals surface area contributed by atoms with Crippen LogP contribution in [0.4, 0.5) is 0 Å². The van der Waals surface area contributed by atoms with Crippen LogP contribution >= 0.6 is 0 Å². The van der Waals surface area contributed by atoms with Gasteiger partial charge in [0.25, 0.3) is 0 Å². The lowest BCUT2D eigenvalue weighted by Gasteiger charge is -2.40. The molecule has 0 radical (unpaired) electrons. The molecule has 9 fully saturated rings. The molecule has 5 heterocycles. The summed E-state index contributed by atoms with van der Waals surface area (Å²) in [5, 5.41) is 37.0. The van der Waals surface area contributed by atoms with E-state index in [2.05, 4.69) is 85.0 Å². The summed E-state index contributed by atoms with van der Waals surface area (Å²) in [5.74, 6) is 5.65. The lowest BCUT2D eigenvalue weighted by atomic mass is 9.67. The predicted octanol–water partition coefficient (Wildman–Crippen LogP) is 5.70. The van der Waals surface area contributed by atoms with E-state index in [-0.39, 0.29) is 12.3 Å². The van der Waals surface area contributed by atoms with E-state index in [0.29, 0.717) is 90.3 Å². The second kappa shape index (κ2) is 13.7. The number of nitrogens with one attached hydrogen (secondary N) is 8. The smallest absolute Gasteiger partial charge is 0.0634 e. The van der Waals surface area contributed by atoms with E-state index in [1.54, 1.807) is 0 Å². The van der Waals surface area contributed by atoms with Crippen LogP contribution in [0.25, 0.3) is 16.3 Å². The maximum absolute atomic E-state index is 4.92. The Morgan fingerprint density at radius 1 is 0.404 bits per heavy atom. The van der Waals surface area contributed by atoms with Gasteiger partial charge in [-0.05, 0) is 133 Å². The van der Waals surface area contributed by atoms with Crippen molar-refractivity contribution in [1.82, 2.24) is 42.5 Å². The topological polar surface area (TPSA) is 96.2 Å². The van der Waals surface area contributed by atoms with Gasteiger partial charge in [0.2, 0.25) is 0 Å². The highest BCUT2D eigenvalue weighted by molar-refractivity contribution is 5.86. The van der Waals surface area contributed by atoms with Crippen molar-refractivity contribution >= 4 is 16.3 Å². The lowest BCUT2D eigenvalue weighted by Crippen LogP contribution is -2.61. The summed E-state index contributed by atoms with van der Waals surface area (Å²) in [5.41, 5.74) is 2.67. The first-order valence-electron chi connectivity index (χ1n) is 21.9. The first-order chi connectivity index (χ1) is 25.7. The Hall–Kier alpha value is -1.88. The van der Waals surface area contributed by atoms with E-state index in [1.165, 1.54) is 118 Å². The van der Waals surface area contributed by atoms with Crippen molar-refractivity contribution < 1.29 is 0 Å². The minimum absolute atomic E-state index is 0.242. The molecule has 4 aliphatic carbocycles. The molecule has 11 rings (SSSR count). The lowest BCUT2D eigenvalue weighted by molar-refractivity contribution is 0.149. The van der Waals surface area contributed by atoms with Gasteiger partial charge in [-0.2, -0.15) is 0 Å². The molecule has 0 amide bonds. The normalized spacial score (nSPS) is 48.4. The molecule has 2 aromatic carbocycles. The van der Waals surface area contributed by atoms with Crippen LogP contribution in [0.1, 0.15) is 102 Å². The van der Waals surface area contributed by atoms with Crippen molar-refractivity contribution in [3.05, 3.63) is 54.6 Å². The molecule has 280 valence electrons. The van der Waals surface area contributed by atoms with Crippen LogP contribution in [0.2, 0.25) is 0 Å². The van der Waals surface area contributed by atoms with Crippen molar-refractivity contribution in [2.45, 2.75) is 146 Å². The van der Waals surface area contributed by atoms with Crippen LogP contribution in [0.3, 0.4) is 0 Å². The maximum Gasteiger partial charge on any atom is 0.0634 e. The van der Waals surface area contributed by atoms with Gasteiger partial charge in [-0.25, -0.2) is 0 Å². The Morgan fingerprint density at radius 2 is 0.788 bits per heavy atom. The number of hydrogen-bond donors (Lipinski definition) is 8. The number of benzene rings is 2. The van der Waals surface area contributed by atoms with Gasteiger partial charge in [-0.3, -0.25) is 42.5 Å². The van der Waals surface area contributed by atoms with Gasteiger partial charge in [-0.1, -0.05) is 87.9 Å². The molecule has 8 N–H and O–H groups in total. The first kappa shape index (κ1) is 33.5. The molecule has 8 bridgehead atoms. The quantitative estimate of drug-likeness (QED) is 0.202. The van der Waals surface area contributed by atoms with Gasteiger partial charge in [-0.15, -0.1) is 0 Å². The highest BCUT2D eigenvalue weighted by Gasteiger charge is 2.55. The van der Waals surface area contributed by atoms with Crippen molar-refractivity contribution in [1.29, 1.82) is 0 Å². The highest BCUT2D eigenvalue weighted by atomic mass is 15.4. The Labute approximate surface area is 311 Å². The molecule has 5 saturated heterocycles. The van der Waals surface area contributed by atoms with Gasteiger partial charge in [0.05, 0.1) is 49.3 Å². The van der Waals surface area contributed by atoms with Crippen LogP contribution in [0.5, 0.6) is 0 Å². The van der Waals surface area contributed by atoms with E-state index in [0.717, 1.165) is 0 Å². The van der Waals surface area contributed by atoms with Crippen LogP contribution in [0, 0.1) is 53.3 Å². The Morgan fingerprint density at radius 3 is 1.25 bits per heavy atom. The number of allylic oxidation sites excluding steroid dienone is 1. The summed E-state index contributed by atoms with van der Waals surface area (Å²) < 4.78 is 0. The maximum atomic E-state index is 4.92. The standard InChI is InChI=1S/C44H64N8/c1-24(26-22-21-25-11-2-3-12-27(25)23-26)28-19-10-20-35-36(28)44-51-42-34-18-9-8-17-33(34)40(49-42)47-38-30-14-5-4-13-29(30)37(45-38)46-39-31-15-6-7-16-32(31)41(48-39)50-43(35)52-44/h2-3,11-12,21-23,28-52H,1,4-10,13-20H2. The molecule has 4 saturated carbocycles. The SMILES string of the molecule is C=C(c1ccc2ccccc2c1)C1CCCC2C3NC4NC(NC5NC(NC6NC(NC(N3)C12)C1CCCCC61)C1CCCCC51)C1CCCCC41. The summed E-state index contributed by atoms with van der Waals surface area (Å²) >= 11 is 0. The minimum atomic E-state index is 0.242. The molecule has 2 aromatic rings. The van der Waals surface area contributed by atoms with Gasteiger partial charge in [0.15, 0.2) is 0 Å². The summed E-state index contributed by atoms with van der Waals surface area (Å²) in [6, 6.07) is 15.9. The number of rotatable bonds is 2. The third-order valence-corrected chi connectivity index (χ3v) is 16.5. The largest absolute Gasteiger partial charge is 0.286 e. The zero-order chi connectivity index (χ0) is 34.3. The van der Waals surface area contributed by atoms with E-state index in [9.17, 15) is 0 Å². The molecule has 17 atom stereocenters. The Balaban J connectivity index is 0.947. The minimum Gasteiger partial charge on any atom is -0.286 e. The Kier molecular flexibility index (Phi) is 8.81. The fourth-order valence-electron chi connectivity index (χ4n) is 14.1. The van der Waals surface area contributed by atoms with Crippen molar-refractivity contribution in [2.75, 3.05) is 0 Å². The molecule has 9 aliphatic rings. The van der Waals surface area contributed by atoms with Crippen molar-refractivity contribution in [3.63, 3.8) is 0 Å². The number of hydrogen-bond acceptors (Lipinski definition) is 8. The molecule has 17 unspecified atom stereocenters.